The minimum absolute atomic E-state index is 0.148. The van der Waals surface area contributed by atoms with E-state index in [1.165, 1.54) is 18.7 Å². The van der Waals surface area contributed by atoms with Gasteiger partial charge in [-0.2, -0.15) is 4.98 Å². The number of aromatic nitrogens is 3. The first-order valence-electron chi connectivity index (χ1n) is 3.30. The molecule has 0 bridgehead atoms. The Kier molecular flexibility index (Phi) is 2.39. The van der Waals surface area contributed by atoms with Crippen LogP contribution in [-0.2, 0) is 18.4 Å². The van der Waals surface area contributed by atoms with E-state index in [0.717, 1.165) is 0 Å². The second kappa shape index (κ2) is 3.31. The van der Waals surface area contributed by atoms with Gasteiger partial charge in [0.05, 0.1) is 0 Å². The molecular formula is C6H9N3O3. The van der Waals surface area contributed by atoms with E-state index in [9.17, 15) is 9.59 Å². The molecule has 0 saturated carbocycles. The number of ether oxygens (including phenoxy) is 1. The average Bonchev–Trinajstić information content (AvgIpc) is 2.00. The van der Waals surface area contributed by atoms with Gasteiger partial charge in [0.1, 0.15) is 12.4 Å². The minimum atomic E-state index is -0.648. The molecular weight excluding hydrogens is 162 g/mol. The van der Waals surface area contributed by atoms with Crippen LogP contribution in [0.3, 0.4) is 0 Å². The van der Waals surface area contributed by atoms with Crippen molar-refractivity contribution in [3.8, 4) is 0 Å². The maximum absolute atomic E-state index is 10.9. The van der Waals surface area contributed by atoms with E-state index in [2.05, 4.69) is 4.98 Å². The van der Waals surface area contributed by atoms with Crippen LogP contribution < -0.4 is 11.4 Å². The molecule has 1 heterocycles. The van der Waals surface area contributed by atoms with Crippen molar-refractivity contribution in [1.29, 1.82) is 0 Å². The highest BCUT2D eigenvalue weighted by Gasteiger charge is 2.01. The first-order valence-corrected chi connectivity index (χ1v) is 3.30. The fraction of sp³-hybridized carbons (Fsp3) is 0.500. The Hall–Kier alpha value is -1.43. The zero-order valence-corrected chi connectivity index (χ0v) is 6.83. The van der Waals surface area contributed by atoms with Crippen LogP contribution in [0.25, 0.3) is 0 Å². The summed E-state index contributed by atoms with van der Waals surface area (Å²) in [6.07, 6.45) is 0. The number of H-pyrrole nitrogens is 1. The van der Waals surface area contributed by atoms with Gasteiger partial charge in [-0.1, -0.05) is 0 Å². The van der Waals surface area contributed by atoms with Crippen LogP contribution in [0.1, 0.15) is 5.82 Å². The molecule has 1 aromatic heterocycles. The molecule has 0 spiro atoms. The molecule has 0 atom stereocenters. The van der Waals surface area contributed by atoms with E-state index in [0.29, 0.717) is 5.82 Å². The first-order chi connectivity index (χ1) is 5.65. The maximum atomic E-state index is 10.9. The number of methoxy groups -OCH3 is 1. The van der Waals surface area contributed by atoms with E-state index < -0.39 is 11.4 Å². The van der Waals surface area contributed by atoms with E-state index in [1.807, 2.05) is 4.98 Å². The molecule has 0 aliphatic carbocycles. The summed E-state index contributed by atoms with van der Waals surface area (Å²) in [6.45, 7) is 0.148. The van der Waals surface area contributed by atoms with E-state index in [4.69, 9.17) is 4.74 Å². The molecule has 0 aliphatic heterocycles. The van der Waals surface area contributed by atoms with Crippen LogP contribution >= 0.6 is 0 Å². The molecule has 1 rings (SSSR count). The first kappa shape index (κ1) is 8.66. The van der Waals surface area contributed by atoms with Crippen molar-refractivity contribution in [2.75, 3.05) is 7.11 Å². The van der Waals surface area contributed by atoms with Gasteiger partial charge in [0.25, 0.3) is 0 Å². The van der Waals surface area contributed by atoms with Gasteiger partial charge in [0.2, 0.25) is 0 Å². The quantitative estimate of drug-likeness (QED) is 0.594. The number of hydrogen-bond acceptors (Lipinski definition) is 4. The standard InChI is InChI=1S/C6H9N3O3/c1-9-4(3-12-2)7-5(10)8-6(9)11/h3H2,1-2H3,(H,8,10,11). The zero-order chi connectivity index (χ0) is 9.14. The lowest BCUT2D eigenvalue weighted by Gasteiger charge is -2.02. The van der Waals surface area contributed by atoms with Gasteiger partial charge in [-0.25, -0.2) is 9.59 Å². The second-order valence-corrected chi connectivity index (χ2v) is 2.26. The van der Waals surface area contributed by atoms with E-state index >= 15 is 0 Å². The topological polar surface area (TPSA) is 77.0 Å². The molecule has 0 fully saturated rings. The largest absolute Gasteiger partial charge is 0.377 e. The van der Waals surface area contributed by atoms with Crippen LogP contribution in [0.15, 0.2) is 9.59 Å². The summed E-state index contributed by atoms with van der Waals surface area (Å²) in [5.41, 5.74) is -1.13. The van der Waals surface area contributed by atoms with E-state index in [-0.39, 0.29) is 6.61 Å². The van der Waals surface area contributed by atoms with Crippen LogP contribution in [0.5, 0.6) is 0 Å². The van der Waals surface area contributed by atoms with Crippen molar-refractivity contribution in [3.63, 3.8) is 0 Å². The van der Waals surface area contributed by atoms with E-state index in [1.54, 1.807) is 0 Å². The monoisotopic (exact) mass is 171 g/mol. The molecule has 0 unspecified atom stereocenters. The highest BCUT2D eigenvalue weighted by molar-refractivity contribution is 4.83. The Balaban J connectivity index is 3.28. The van der Waals surface area contributed by atoms with Crippen LogP contribution in [0.4, 0.5) is 0 Å². The molecule has 1 N–H and O–H groups in total. The third-order valence-corrected chi connectivity index (χ3v) is 1.41. The van der Waals surface area contributed by atoms with Crippen molar-refractivity contribution in [1.82, 2.24) is 14.5 Å². The lowest BCUT2D eigenvalue weighted by atomic mass is 10.6. The lowest BCUT2D eigenvalue weighted by molar-refractivity contribution is 0.173. The van der Waals surface area contributed by atoms with Gasteiger partial charge in [0, 0.05) is 14.2 Å². The summed E-state index contributed by atoms with van der Waals surface area (Å²) < 4.78 is 5.97. The van der Waals surface area contributed by atoms with Crippen LogP contribution in [-0.4, -0.2) is 21.6 Å². The minimum Gasteiger partial charge on any atom is -0.377 e. The third-order valence-electron chi connectivity index (χ3n) is 1.41. The van der Waals surface area contributed by atoms with Gasteiger partial charge in [-0.3, -0.25) is 9.55 Å². The molecule has 0 amide bonds. The van der Waals surface area contributed by atoms with Crippen molar-refractivity contribution in [3.05, 3.63) is 26.8 Å². The van der Waals surface area contributed by atoms with Gasteiger partial charge < -0.3 is 4.74 Å². The third kappa shape index (κ3) is 1.59. The Bertz CT molecular complexity index is 378. The molecule has 0 aliphatic rings. The predicted molar refractivity (Wildman–Crippen MR) is 40.8 cm³/mol. The number of aromatic amines is 1. The van der Waals surface area contributed by atoms with Crippen LogP contribution in [0.2, 0.25) is 0 Å². The molecule has 0 saturated heterocycles. The molecule has 6 heteroatoms. The summed E-state index contributed by atoms with van der Waals surface area (Å²) in [5, 5.41) is 0. The van der Waals surface area contributed by atoms with Crippen molar-refractivity contribution in [2.24, 2.45) is 7.05 Å². The lowest BCUT2D eigenvalue weighted by Crippen LogP contribution is -2.33. The Morgan fingerprint density at radius 1 is 1.58 bits per heavy atom. The highest BCUT2D eigenvalue weighted by Crippen LogP contribution is 1.86. The fourth-order valence-corrected chi connectivity index (χ4v) is 0.771. The summed E-state index contributed by atoms with van der Waals surface area (Å²) in [4.78, 5) is 27.2. The number of rotatable bonds is 2. The smallest absolute Gasteiger partial charge is 0.350 e. The molecule has 12 heavy (non-hydrogen) atoms. The summed E-state index contributed by atoms with van der Waals surface area (Å²) in [6, 6.07) is 0. The predicted octanol–water partition coefficient (Wildman–Crippen LogP) is -1.38. The van der Waals surface area contributed by atoms with Crippen LogP contribution in [0, 0.1) is 0 Å². The summed E-state index contributed by atoms with van der Waals surface area (Å²) >= 11 is 0. The molecule has 1 aromatic rings. The Labute approximate surface area is 67.8 Å². The number of hydrogen-bond donors (Lipinski definition) is 1. The Morgan fingerprint density at radius 2 is 2.25 bits per heavy atom. The average molecular weight is 171 g/mol. The van der Waals surface area contributed by atoms with Gasteiger partial charge >= 0.3 is 11.4 Å². The molecule has 6 nitrogen and oxygen atoms in total. The van der Waals surface area contributed by atoms with Crippen molar-refractivity contribution in [2.45, 2.75) is 6.61 Å². The van der Waals surface area contributed by atoms with Crippen molar-refractivity contribution >= 4 is 0 Å². The summed E-state index contributed by atoms with van der Waals surface area (Å²) in [5.74, 6) is 0.311. The number of nitrogens with one attached hydrogen (secondary N) is 1. The SMILES string of the molecule is COCc1nc(=O)[nH]c(=O)n1C. The highest BCUT2D eigenvalue weighted by atomic mass is 16.5. The summed E-state index contributed by atoms with van der Waals surface area (Å²) in [7, 11) is 2.98. The molecule has 0 aromatic carbocycles. The van der Waals surface area contributed by atoms with Crippen molar-refractivity contribution < 1.29 is 4.74 Å². The Morgan fingerprint density at radius 3 is 2.83 bits per heavy atom. The normalized spacial score (nSPS) is 10.2. The molecule has 66 valence electrons. The zero-order valence-electron chi connectivity index (χ0n) is 6.83. The second-order valence-electron chi connectivity index (χ2n) is 2.26. The number of nitrogens with zero attached hydrogens (tertiary/aromatic N) is 2. The maximum Gasteiger partial charge on any atom is 0.350 e. The van der Waals surface area contributed by atoms with Gasteiger partial charge in [-0.15, -0.1) is 0 Å². The molecule has 0 radical (unpaired) electrons. The van der Waals surface area contributed by atoms with Gasteiger partial charge in [-0.05, 0) is 0 Å². The van der Waals surface area contributed by atoms with Gasteiger partial charge in [0.15, 0.2) is 0 Å². The fourth-order valence-electron chi connectivity index (χ4n) is 0.771.